The molecule has 0 unspecified atom stereocenters. The summed E-state index contributed by atoms with van der Waals surface area (Å²) in [5, 5.41) is 7.90. The zero-order chi connectivity index (χ0) is 8.78. The van der Waals surface area contributed by atoms with Crippen molar-refractivity contribution in [3.63, 3.8) is 0 Å². The average molecular weight is 189 g/mol. The Morgan fingerprint density at radius 2 is 1.40 bits per heavy atom. The van der Waals surface area contributed by atoms with Gasteiger partial charge in [-0.1, -0.05) is 0 Å². The normalized spacial score (nSPS) is 10.8. The summed E-state index contributed by atoms with van der Waals surface area (Å²) in [5.74, 6) is 0. The van der Waals surface area contributed by atoms with Gasteiger partial charge in [0, 0.05) is 0 Å². The van der Waals surface area contributed by atoms with Crippen molar-refractivity contribution >= 4 is 23.2 Å². The molecule has 0 spiro atoms. The van der Waals surface area contributed by atoms with Gasteiger partial charge in [0.25, 0.3) is 0 Å². The topological polar surface area (TPSA) is 29.5 Å². The Bertz CT molecular complexity index is 65.9. The van der Waals surface area contributed by atoms with Gasteiger partial charge in [0.1, 0.15) is 4.84 Å². The summed E-state index contributed by atoms with van der Waals surface area (Å²) >= 11 is 10.1. The summed E-state index contributed by atoms with van der Waals surface area (Å²) in [6.45, 7) is 7.01. The van der Waals surface area contributed by atoms with E-state index < -0.39 is 5.60 Å². The van der Waals surface area contributed by atoms with E-state index in [1.807, 2.05) is 0 Å². The molecule has 0 amide bonds. The third kappa shape index (κ3) is 39.0. The van der Waals surface area contributed by atoms with Gasteiger partial charge in [-0.25, -0.2) is 4.89 Å². The van der Waals surface area contributed by atoms with Gasteiger partial charge < -0.3 is 0 Å². The van der Waals surface area contributed by atoms with Crippen molar-refractivity contribution in [3.05, 3.63) is 0 Å². The monoisotopic (exact) mass is 188 g/mol. The first-order chi connectivity index (χ1) is 4.29. The molecular weight excluding hydrogens is 175 g/mol. The Kier molecular flexibility index (Phi) is 8.17. The van der Waals surface area contributed by atoms with Crippen LogP contribution in [-0.2, 0) is 4.89 Å². The Morgan fingerprint density at radius 1 is 1.30 bits per heavy atom. The number of alkyl halides is 2. The lowest BCUT2D eigenvalue weighted by molar-refractivity contribution is -0.306. The summed E-state index contributed by atoms with van der Waals surface area (Å²) < 4.78 is 0. The fourth-order valence-electron chi connectivity index (χ4n) is 0. The van der Waals surface area contributed by atoms with E-state index in [-0.39, 0.29) is 4.84 Å². The van der Waals surface area contributed by atoms with Gasteiger partial charge in [0.15, 0.2) is 0 Å². The van der Waals surface area contributed by atoms with E-state index in [2.05, 4.69) is 4.89 Å². The largest absolute Gasteiger partial charge is 0.251 e. The van der Waals surface area contributed by atoms with Crippen LogP contribution in [0.2, 0.25) is 0 Å². The molecule has 1 N–H and O–H groups in total. The number of halogens is 2. The van der Waals surface area contributed by atoms with E-state index in [1.165, 1.54) is 0 Å². The van der Waals surface area contributed by atoms with Crippen LogP contribution >= 0.6 is 23.2 Å². The molecule has 0 aliphatic heterocycles. The lowest BCUT2D eigenvalue weighted by Gasteiger charge is -2.10. The standard InChI is InChI=1S/C4H10O2.C2H4Cl2/c1-4(2,3)6-5;1-2(3)4/h5H,1-3H3;2H,1H3. The van der Waals surface area contributed by atoms with E-state index in [0.717, 1.165) is 0 Å². The SMILES string of the molecule is CC(C)(C)OO.CC(Cl)Cl. The van der Waals surface area contributed by atoms with Crippen LogP contribution in [0.5, 0.6) is 0 Å². The molecule has 0 fully saturated rings. The second kappa shape index (κ2) is 6.23. The molecule has 0 aromatic carbocycles. The van der Waals surface area contributed by atoms with Crippen molar-refractivity contribution in [2.45, 2.75) is 38.1 Å². The highest BCUT2D eigenvalue weighted by Crippen LogP contribution is 2.01. The summed E-state index contributed by atoms with van der Waals surface area (Å²) in [4.78, 5) is 3.72. The molecule has 0 saturated heterocycles. The average Bonchev–Trinajstić information content (AvgIpc) is 1.63. The maximum absolute atomic E-state index is 7.90. The van der Waals surface area contributed by atoms with E-state index in [0.29, 0.717) is 0 Å². The van der Waals surface area contributed by atoms with Crippen molar-refractivity contribution in [1.82, 2.24) is 0 Å². The minimum absolute atomic E-state index is 0.222. The maximum Gasteiger partial charge on any atom is 0.105 e. The highest BCUT2D eigenvalue weighted by molar-refractivity contribution is 6.43. The second-order valence-corrected chi connectivity index (χ2v) is 4.26. The van der Waals surface area contributed by atoms with E-state index in [1.54, 1.807) is 27.7 Å². The smallest absolute Gasteiger partial charge is 0.105 e. The summed E-state index contributed by atoms with van der Waals surface area (Å²) in [5.41, 5.74) is -0.403. The zero-order valence-electron chi connectivity index (χ0n) is 6.69. The molecule has 0 aliphatic carbocycles. The van der Waals surface area contributed by atoms with Gasteiger partial charge in [0.05, 0.1) is 5.60 Å². The molecule has 0 radical (unpaired) electrons. The maximum atomic E-state index is 7.90. The predicted molar refractivity (Wildman–Crippen MR) is 44.6 cm³/mol. The lowest BCUT2D eigenvalue weighted by Crippen LogP contribution is -2.15. The summed E-state index contributed by atoms with van der Waals surface area (Å²) in [6, 6.07) is 0. The zero-order valence-corrected chi connectivity index (χ0v) is 8.20. The van der Waals surface area contributed by atoms with Crippen LogP contribution in [0.1, 0.15) is 27.7 Å². The molecule has 10 heavy (non-hydrogen) atoms. The Balaban J connectivity index is 0. The molecule has 64 valence electrons. The van der Waals surface area contributed by atoms with Crippen molar-refractivity contribution in [2.24, 2.45) is 0 Å². The highest BCUT2D eigenvalue weighted by atomic mass is 35.5. The van der Waals surface area contributed by atoms with Gasteiger partial charge >= 0.3 is 0 Å². The fourth-order valence-corrected chi connectivity index (χ4v) is 0. The molecule has 0 heterocycles. The molecule has 0 aliphatic rings. The molecule has 0 aromatic rings. The van der Waals surface area contributed by atoms with Crippen molar-refractivity contribution in [3.8, 4) is 0 Å². The molecular formula is C6H14Cl2O2. The van der Waals surface area contributed by atoms with Crippen molar-refractivity contribution < 1.29 is 10.1 Å². The minimum Gasteiger partial charge on any atom is -0.251 e. The third-order valence-electron chi connectivity index (χ3n) is 0.274. The Hall–Kier alpha value is 0.500. The van der Waals surface area contributed by atoms with Crippen LogP contribution in [0.25, 0.3) is 0 Å². The fraction of sp³-hybridized carbons (Fsp3) is 1.00. The van der Waals surface area contributed by atoms with Crippen molar-refractivity contribution in [1.29, 1.82) is 0 Å². The molecule has 0 atom stereocenters. The quantitative estimate of drug-likeness (QED) is 0.360. The van der Waals surface area contributed by atoms with Crippen LogP contribution in [0.3, 0.4) is 0 Å². The van der Waals surface area contributed by atoms with Crippen molar-refractivity contribution in [2.75, 3.05) is 0 Å². The Labute approximate surface area is 72.0 Å². The third-order valence-corrected chi connectivity index (χ3v) is 0.274. The summed E-state index contributed by atoms with van der Waals surface area (Å²) in [6.07, 6.45) is 0. The van der Waals surface area contributed by atoms with Crippen LogP contribution in [0.15, 0.2) is 0 Å². The van der Waals surface area contributed by atoms with Crippen LogP contribution in [-0.4, -0.2) is 15.7 Å². The molecule has 0 saturated carbocycles. The van der Waals surface area contributed by atoms with Gasteiger partial charge in [-0.2, -0.15) is 0 Å². The second-order valence-electron chi connectivity index (χ2n) is 2.72. The van der Waals surface area contributed by atoms with Gasteiger partial charge in [-0.15, -0.1) is 23.2 Å². The minimum atomic E-state index is -0.403. The first kappa shape index (κ1) is 13.1. The van der Waals surface area contributed by atoms with E-state index in [4.69, 9.17) is 28.5 Å². The number of rotatable bonds is 0. The predicted octanol–water partition coefficient (Wildman–Crippen LogP) is 3.08. The van der Waals surface area contributed by atoms with E-state index >= 15 is 0 Å². The van der Waals surface area contributed by atoms with Crippen LogP contribution in [0, 0.1) is 0 Å². The molecule has 0 bridgehead atoms. The van der Waals surface area contributed by atoms with E-state index in [9.17, 15) is 0 Å². The number of hydrogen-bond acceptors (Lipinski definition) is 2. The Morgan fingerprint density at radius 3 is 1.40 bits per heavy atom. The first-order valence-electron chi connectivity index (χ1n) is 2.90. The van der Waals surface area contributed by atoms with Crippen LogP contribution < -0.4 is 0 Å². The molecule has 2 nitrogen and oxygen atoms in total. The van der Waals surface area contributed by atoms with Gasteiger partial charge in [-0.3, -0.25) is 5.26 Å². The van der Waals surface area contributed by atoms with Crippen LogP contribution in [0.4, 0.5) is 0 Å². The van der Waals surface area contributed by atoms with Gasteiger partial charge in [-0.05, 0) is 27.7 Å². The molecule has 4 heteroatoms. The molecule has 0 rings (SSSR count). The highest BCUT2D eigenvalue weighted by Gasteiger charge is 2.06. The first-order valence-corrected chi connectivity index (χ1v) is 3.77. The van der Waals surface area contributed by atoms with Gasteiger partial charge in [0.2, 0.25) is 0 Å². The summed E-state index contributed by atoms with van der Waals surface area (Å²) in [7, 11) is 0. The molecule has 0 aromatic heterocycles. The lowest BCUT2D eigenvalue weighted by atomic mass is 10.2. The number of hydrogen-bond donors (Lipinski definition) is 1.